The molecule has 0 aliphatic heterocycles. The average molecular weight is 698 g/mol. The number of nitrogens with zero attached hydrogens (tertiary/aromatic N) is 2. The molecule has 2 amide bonds. The van der Waals surface area contributed by atoms with Crippen LogP contribution in [0.3, 0.4) is 0 Å². The lowest BCUT2D eigenvalue weighted by Crippen LogP contribution is -2.47. The first-order valence-electron chi connectivity index (χ1n) is 15.8. The van der Waals surface area contributed by atoms with E-state index in [0.717, 1.165) is 12.0 Å². The van der Waals surface area contributed by atoms with E-state index in [0.29, 0.717) is 36.9 Å². The number of ether oxygens (including phenoxy) is 3. The number of rotatable bonds is 16. The van der Waals surface area contributed by atoms with Gasteiger partial charge in [-0.15, -0.1) is 0 Å². The SMILES string of the molecule is C=CCOC(=O)NS(=O)(=O)N(CC(=O)O)c1c(OCc2ccccc2)cc2c(c1F)C[C@H](N(CCCC)C(=O)OCc1ccccc1)CC2. The molecule has 14 heteroatoms. The topological polar surface area (TPSA) is 152 Å². The average Bonchev–Trinajstić information content (AvgIpc) is 3.09. The Morgan fingerprint density at radius 1 is 1.04 bits per heavy atom. The van der Waals surface area contributed by atoms with Crippen LogP contribution in [0, 0.1) is 5.82 Å². The van der Waals surface area contributed by atoms with Gasteiger partial charge in [-0.1, -0.05) is 86.7 Å². The van der Waals surface area contributed by atoms with Crippen LogP contribution in [0.25, 0.3) is 0 Å². The zero-order valence-corrected chi connectivity index (χ0v) is 28.0. The number of nitrogens with one attached hydrogen (secondary N) is 1. The standard InChI is InChI=1S/C35H40FN3O9S/c1-3-5-18-38(35(43)48-24-26-14-10-7-11-15-26)28-17-16-27-20-30(47-23-25-12-8-6-9-13-25)33(32(36)29(27)21-28)39(22-31(40)41)49(44,45)37-34(42)46-19-4-2/h4,6-15,20,28H,2-3,5,16-19,21-24H2,1H3,(H,37,42)(H,40,41)/t28-/m1/s1. The van der Waals surface area contributed by atoms with E-state index in [9.17, 15) is 27.9 Å². The maximum atomic E-state index is 16.9. The monoisotopic (exact) mass is 697 g/mol. The van der Waals surface area contributed by atoms with Gasteiger partial charge < -0.3 is 24.2 Å². The molecule has 0 saturated carbocycles. The molecular formula is C35H40FN3O9S. The van der Waals surface area contributed by atoms with Crippen LogP contribution in [0.15, 0.2) is 79.4 Å². The van der Waals surface area contributed by atoms with Crippen LogP contribution in [0.2, 0.25) is 0 Å². The maximum Gasteiger partial charge on any atom is 0.422 e. The van der Waals surface area contributed by atoms with Crippen molar-refractivity contribution in [1.29, 1.82) is 0 Å². The Hall–Kier alpha value is -5.11. The van der Waals surface area contributed by atoms with Crippen molar-refractivity contribution in [3.05, 3.63) is 107 Å². The van der Waals surface area contributed by atoms with Crippen molar-refractivity contribution >= 4 is 34.1 Å². The van der Waals surface area contributed by atoms with Crippen molar-refractivity contribution in [2.24, 2.45) is 0 Å². The quantitative estimate of drug-likeness (QED) is 0.178. The van der Waals surface area contributed by atoms with Crippen molar-refractivity contribution in [1.82, 2.24) is 9.62 Å². The molecule has 4 rings (SSSR count). The lowest BCUT2D eigenvalue weighted by atomic mass is 9.86. The highest BCUT2D eigenvalue weighted by Crippen LogP contribution is 2.41. The van der Waals surface area contributed by atoms with Crippen molar-refractivity contribution in [2.75, 3.05) is 24.0 Å². The number of fused-ring (bicyclic) bond motifs is 1. The normalized spacial score (nSPS) is 13.8. The molecule has 1 aliphatic carbocycles. The van der Waals surface area contributed by atoms with Gasteiger partial charge in [0.05, 0.1) is 0 Å². The zero-order valence-electron chi connectivity index (χ0n) is 27.2. The summed E-state index contributed by atoms with van der Waals surface area (Å²) in [5, 5.41) is 9.72. The predicted octanol–water partition coefficient (Wildman–Crippen LogP) is 5.75. The third-order valence-corrected chi connectivity index (χ3v) is 9.14. The molecule has 262 valence electrons. The molecule has 3 aromatic rings. The summed E-state index contributed by atoms with van der Waals surface area (Å²) >= 11 is 0. The Morgan fingerprint density at radius 2 is 1.69 bits per heavy atom. The molecule has 0 aromatic heterocycles. The van der Waals surface area contributed by atoms with Crippen LogP contribution < -0.4 is 13.8 Å². The molecule has 0 saturated heterocycles. The van der Waals surface area contributed by atoms with Crippen LogP contribution in [0.5, 0.6) is 5.75 Å². The molecule has 0 spiro atoms. The third-order valence-electron chi connectivity index (χ3n) is 7.82. The Labute approximate surface area is 285 Å². The molecular weight excluding hydrogens is 657 g/mol. The number of hydrogen-bond acceptors (Lipinski definition) is 8. The second-order valence-corrected chi connectivity index (χ2v) is 12.9. The highest BCUT2D eigenvalue weighted by Gasteiger charge is 2.37. The Balaban J connectivity index is 1.73. The van der Waals surface area contributed by atoms with Crippen LogP contribution in [0.1, 0.15) is 48.4 Å². The highest BCUT2D eigenvalue weighted by atomic mass is 32.2. The summed E-state index contributed by atoms with van der Waals surface area (Å²) in [5.74, 6) is -2.92. The van der Waals surface area contributed by atoms with Crippen molar-refractivity contribution < 1.29 is 46.5 Å². The van der Waals surface area contributed by atoms with E-state index in [-0.39, 0.29) is 41.9 Å². The number of aryl methyl sites for hydroxylation is 1. The molecule has 2 N–H and O–H groups in total. The summed E-state index contributed by atoms with van der Waals surface area (Å²) in [5.41, 5.74) is 1.40. The summed E-state index contributed by atoms with van der Waals surface area (Å²) < 4.78 is 62.0. The smallest absolute Gasteiger partial charge is 0.422 e. The number of hydrogen-bond donors (Lipinski definition) is 2. The van der Waals surface area contributed by atoms with Crippen molar-refractivity contribution in [2.45, 2.75) is 58.3 Å². The van der Waals surface area contributed by atoms with Gasteiger partial charge in [-0.25, -0.2) is 23.0 Å². The molecule has 0 radical (unpaired) electrons. The van der Waals surface area contributed by atoms with E-state index in [1.807, 2.05) is 37.3 Å². The maximum absolute atomic E-state index is 16.9. The van der Waals surface area contributed by atoms with Crippen LogP contribution >= 0.6 is 0 Å². The number of unbranched alkanes of at least 4 members (excludes halogenated alkanes) is 1. The molecule has 1 aliphatic rings. The summed E-state index contributed by atoms with van der Waals surface area (Å²) in [4.78, 5) is 39.2. The van der Waals surface area contributed by atoms with E-state index in [4.69, 9.17) is 14.2 Å². The van der Waals surface area contributed by atoms with Gasteiger partial charge in [-0.2, -0.15) is 8.42 Å². The van der Waals surface area contributed by atoms with E-state index in [1.54, 1.807) is 40.0 Å². The molecule has 0 heterocycles. The minimum atomic E-state index is -5.05. The number of halogens is 1. The van der Waals surface area contributed by atoms with Gasteiger partial charge in [0.2, 0.25) is 0 Å². The van der Waals surface area contributed by atoms with Gasteiger partial charge in [0.1, 0.15) is 37.8 Å². The Kier molecular flexibility index (Phi) is 13.0. The molecule has 0 fully saturated rings. The van der Waals surface area contributed by atoms with Gasteiger partial charge in [-0.05, 0) is 54.0 Å². The fourth-order valence-electron chi connectivity index (χ4n) is 5.44. The first kappa shape index (κ1) is 36.7. The first-order valence-corrected chi connectivity index (χ1v) is 17.3. The Morgan fingerprint density at radius 3 is 2.31 bits per heavy atom. The highest BCUT2D eigenvalue weighted by molar-refractivity contribution is 7.91. The number of anilines is 1. The molecule has 1 atom stereocenters. The second-order valence-electron chi connectivity index (χ2n) is 11.3. The number of carboxylic acids is 1. The third kappa shape index (κ3) is 9.95. The summed E-state index contributed by atoms with van der Waals surface area (Å²) in [6, 6.07) is 19.0. The van der Waals surface area contributed by atoms with Crippen molar-refractivity contribution in [3.8, 4) is 5.75 Å². The van der Waals surface area contributed by atoms with Crippen molar-refractivity contribution in [3.63, 3.8) is 0 Å². The predicted molar refractivity (Wildman–Crippen MR) is 180 cm³/mol. The number of amides is 2. The number of carbonyl (C=O) groups excluding carboxylic acids is 2. The molecule has 0 bridgehead atoms. The van der Waals surface area contributed by atoms with E-state index < -0.39 is 52.5 Å². The number of aliphatic carboxylic acids is 1. The van der Waals surface area contributed by atoms with E-state index in [1.165, 1.54) is 12.1 Å². The zero-order chi connectivity index (χ0) is 35.4. The van der Waals surface area contributed by atoms with Gasteiger partial charge in [0, 0.05) is 12.6 Å². The second kappa shape index (κ2) is 17.3. The number of carboxylic acid groups (broad SMARTS) is 1. The molecule has 49 heavy (non-hydrogen) atoms. The van der Waals surface area contributed by atoms with E-state index >= 15 is 4.39 Å². The van der Waals surface area contributed by atoms with Gasteiger partial charge in [-0.3, -0.25) is 4.79 Å². The fraction of sp³-hybridized carbons (Fsp3) is 0.343. The van der Waals surface area contributed by atoms with Gasteiger partial charge >= 0.3 is 28.4 Å². The van der Waals surface area contributed by atoms with E-state index in [2.05, 4.69) is 6.58 Å². The van der Waals surface area contributed by atoms with Crippen LogP contribution in [0.4, 0.5) is 19.7 Å². The molecule has 0 unspecified atom stereocenters. The first-order chi connectivity index (χ1) is 23.5. The Bertz CT molecular complexity index is 1720. The lowest BCUT2D eigenvalue weighted by molar-refractivity contribution is -0.135. The lowest BCUT2D eigenvalue weighted by Gasteiger charge is -2.36. The van der Waals surface area contributed by atoms with Crippen LogP contribution in [-0.4, -0.2) is 62.3 Å². The summed E-state index contributed by atoms with van der Waals surface area (Å²) in [7, 11) is -5.05. The number of carbonyl (C=O) groups is 3. The summed E-state index contributed by atoms with van der Waals surface area (Å²) in [6.45, 7) is 4.10. The van der Waals surface area contributed by atoms with Gasteiger partial charge in [0.25, 0.3) is 0 Å². The number of benzene rings is 3. The molecule has 12 nitrogen and oxygen atoms in total. The minimum absolute atomic E-state index is 0.00690. The van der Waals surface area contributed by atoms with Gasteiger partial charge in [0.15, 0.2) is 5.82 Å². The minimum Gasteiger partial charge on any atom is -0.487 e. The van der Waals surface area contributed by atoms with Crippen LogP contribution in [-0.2, 0) is 50.5 Å². The summed E-state index contributed by atoms with van der Waals surface area (Å²) in [6.07, 6.45) is 1.45. The largest absolute Gasteiger partial charge is 0.487 e. The molecule has 3 aromatic carbocycles. The fourth-order valence-corrected chi connectivity index (χ4v) is 6.51.